The molecule has 69 heavy (non-hydrogen) atoms. The summed E-state index contributed by atoms with van der Waals surface area (Å²) in [5, 5.41) is 0. The second-order valence-corrected chi connectivity index (χ2v) is 16.0. The maximum Gasteiger partial charge on any atom is 0.337 e. The molecule has 0 bridgehead atoms. The van der Waals surface area contributed by atoms with E-state index in [0.29, 0.717) is 73.0 Å². The number of rotatable bonds is 35. The van der Waals surface area contributed by atoms with Crippen molar-refractivity contribution in [3.05, 3.63) is 109 Å². The lowest BCUT2D eigenvalue weighted by molar-refractivity contribution is -0.167. The number of carbonyl (C=O) groups excluding carboxylic acids is 6. The molecule has 374 valence electrons. The topological polar surface area (TPSA) is 185 Å². The van der Waals surface area contributed by atoms with Crippen molar-refractivity contribution in [3.63, 3.8) is 0 Å². The van der Waals surface area contributed by atoms with E-state index in [1.54, 1.807) is 72.8 Å². The minimum Gasteiger partial charge on any atom is -0.494 e. The van der Waals surface area contributed by atoms with E-state index in [1.807, 2.05) is 0 Å². The van der Waals surface area contributed by atoms with Gasteiger partial charge in [-0.15, -0.1) is 0 Å². The molecule has 0 heterocycles. The highest BCUT2D eigenvalue weighted by atomic mass is 16.6. The Morgan fingerprint density at radius 2 is 0.667 bits per heavy atom. The second kappa shape index (κ2) is 32.7. The van der Waals surface area contributed by atoms with Crippen LogP contribution in [-0.4, -0.2) is 96.3 Å². The smallest absolute Gasteiger partial charge is 0.337 e. The molecule has 0 saturated carbocycles. The van der Waals surface area contributed by atoms with Crippen molar-refractivity contribution in [2.45, 2.75) is 102 Å². The first kappa shape index (κ1) is 56.4. The number of benzene rings is 3. The van der Waals surface area contributed by atoms with Crippen LogP contribution in [0.2, 0.25) is 0 Å². The van der Waals surface area contributed by atoms with Crippen molar-refractivity contribution in [1.82, 2.24) is 0 Å². The number of ether oxygens (including phenoxy) is 9. The van der Waals surface area contributed by atoms with E-state index in [0.717, 1.165) is 57.8 Å². The maximum absolute atomic E-state index is 12.9. The fourth-order valence-corrected chi connectivity index (χ4v) is 6.60. The molecule has 0 aliphatic rings. The zero-order chi connectivity index (χ0) is 50.2. The van der Waals surface area contributed by atoms with E-state index in [9.17, 15) is 28.8 Å². The Morgan fingerprint density at radius 1 is 0.391 bits per heavy atom. The molecule has 3 aromatic carbocycles. The third-order valence-corrected chi connectivity index (χ3v) is 10.7. The van der Waals surface area contributed by atoms with Gasteiger partial charge in [-0.3, -0.25) is 14.4 Å². The molecule has 0 aliphatic heterocycles. The molecule has 0 spiro atoms. The Bertz CT molecular complexity index is 2000. The van der Waals surface area contributed by atoms with Crippen LogP contribution in [0.3, 0.4) is 0 Å². The summed E-state index contributed by atoms with van der Waals surface area (Å²) in [5.41, 5.74) is 2.75. The molecule has 0 aromatic heterocycles. The number of esters is 6. The average molecular weight is 957 g/mol. The Kier molecular flexibility index (Phi) is 26.8. The molecule has 0 N–H and O–H groups in total. The van der Waals surface area contributed by atoms with Gasteiger partial charge in [-0.1, -0.05) is 94.7 Å². The highest BCUT2D eigenvalue weighted by molar-refractivity contribution is 6.16. The van der Waals surface area contributed by atoms with E-state index >= 15 is 0 Å². The van der Waals surface area contributed by atoms with Gasteiger partial charge in [0.15, 0.2) is 6.10 Å². The Morgan fingerprint density at radius 3 is 0.957 bits per heavy atom. The quantitative estimate of drug-likeness (QED) is 0.0235. The minimum atomic E-state index is -0.954. The van der Waals surface area contributed by atoms with E-state index in [2.05, 4.69) is 19.7 Å². The molecule has 3 aromatic rings. The average Bonchev–Trinajstić information content (AvgIpc) is 3.37. The summed E-state index contributed by atoms with van der Waals surface area (Å²) < 4.78 is 48.1. The summed E-state index contributed by atoms with van der Waals surface area (Å²) in [4.78, 5) is 73.3. The number of hydrogen-bond acceptors (Lipinski definition) is 15. The first-order valence-electron chi connectivity index (χ1n) is 23.4. The lowest BCUT2D eigenvalue weighted by Gasteiger charge is -2.18. The molecule has 15 nitrogen and oxygen atoms in total. The van der Waals surface area contributed by atoms with Crippen molar-refractivity contribution < 1.29 is 71.4 Å². The number of methoxy groups -OCH3 is 3. The van der Waals surface area contributed by atoms with Gasteiger partial charge in [0.05, 0.1) is 57.9 Å². The Hall–Kier alpha value is -6.90. The van der Waals surface area contributed by atoms with E-state index in [-0.39, 0.29) is 49.2 Å². The first-order chi connectivity index (χ1) is 33.3. The molecule has 0 saturated heterocycles. The van der Waals surface area contributed by atoms with E-state index in [1.165, 1.54) is 21.3 Å². The minimum absolute atomic E-state index is 0.144. The molecular formula is C54H68O15. The molecule has 0 fully saturated rings. The zero-order valence-corrected chi connectivity index (χ0v) is 40.4. The van der Waals surface area contributed by atoms with Gasteiger partial charge in [0.1, 0.15) is 30.5 Å². The molecule has 0 unspecified atom stereocenters. The van der Waals surface area contributed by atoms with Crippen LogP contribution in [0.15, 0.2) is 92.5 Å². The number of unbranched alkanes of at least 4 members (excludes halogenated alkanes) is 9. The fourth-order valence-electron chi connectivity index (χ4n) is 6.60. The number of carbonyl (C=O) groups is 6. The molecule has 3 rings (SSSR count). The third kappa shape index (κ3) is 22.6. The van der Waals surface area contributed by atoms with Crippen LogP contribution in [-0.2, 0) is 57.2 Å². The summed E-state index contributed by atoms with van der Waals surface area (Å²) >= 11 is 0. The van der Waals surface area contributed by atoms with Crippen LogP contribution >= 0.6 is 0 Å². The van der Waals surface area contributed by atoms with Crippen molar-refractivity contribution in [1.29, 1.82) is 0 Å². The zero-order valence-electron chi connectivity index (χ0n) is 40.4. The van der Waals surface area contributed by atoms with Crippen LogP contribution in [0.1, 0.15) is 113 Å². The molecule has 0 atom stereocenters. The van der Waals surface area contributed by atoms with Gasteiger partial charge in [0.25, 0.3) is 0 Å². The van der Waals surface area contributed by atoms with Gasteiger partial charge >= 0.3 is 35.8 Å². The van der Waals surface area contributed by atoms with Crippen LogP contribution in [0, 0.1) is 0 Å². The van der Waals surface area contributed by atoms with Crippen LogP contribution in [0.25, 0.3) is 16.7 Å². The largest absolute Gasteiger partial charge is 0.494 e. The summed E-state index contributed by atoms with van der Waals surface area (Å²) in [6.07, 6.45) is 8.42. The molecule has 15 heteroatoms. The van der Waals surface area contributed by atoms with E-state index in [4.69, 9.17) is 42.6 Å². The predicted molar refractivity (Wildman–Crippen MR) is 260 cm³/mol. The Labute approximate surface area is 406 Å². The highest BCUT2D eigenvalue weighted by Crippen LogP contribution is 2.22. The van der Waals surface area contributed by atoms with Gasteiger partial charge in [0, 0.05) is 19.3 Å². The van der Waals surface area contributed by atoms with Gasteiger partial charge in [-0.2, -0.15) is 0 Å². The van der Waals surface area contributed by atoms with Crippen molar-refractivity contribution >= 4 is 52.5 Å². The monoisotopic (exact) mass is 956 g/mol. The SMILES string of the molecule is C=C(C(=O)OC)c1ccc(OCCCCCCC(=O)OCC(COC(=O)CCCCCCOc2ccc(C(=C)C(=O)OC)cc2)OC(=O)CCCCCCOc2ccc(C(=C)C(=O)OC)cc2)cc1. The summed E-state index contributed by atoms with van der Waals surface area (Å²) in [7, 11) is 3.91. The van der Waals surface area contributed by atoms with Crippen molar-refractivity contribution in [2.75, 3.05) is 54.4 Å². The van der Waals surface area contributed by atoms with Crippen LogP contribution in [0.4, 0.5) is 0 Å². The fraction of sp³-hybridized carbons (Fsp3) is 0.444. The maximum atomic E-state index is 12.9. The highest BCUT2D eigenvalue weighted by Gasteiger charge is 2.20. The van der Waals surface area contributed by atoms with Crippen molar-refractivity contribution in [3.8, 4) is 17.2 Å². The molecule has 0 radical (unpaired) electrons. The Balaban J connectivity index is 1.35. The summed E-state index contributed by atoms with van der Waals surface area (Å²) in [5.74, 6) is -0.852. The lowest BCUT2D eigenvalue weighted by Crippen LogP contribution is -2.30. The van der Waals surface area contributed by atoms with Crippen LogP contribution in [0.5, 0.6) is 17.2 Å². The lowest BCUT2D eigenvalue weighted by atomic mass is 10.1. The van der Waals surface area contributed by atoms with E-state index < -0.39 is 41.9 Å². The number of hydrogen-bond donors (Lipinski definition) is 0. The van der Waals surface area contributed by atoms with Gasteiger partial charge in [-0.25, -0.2) is 14.4 Å². The van der Waals surface area contributed by atoms with Gasteiger partial charge in [-0.05, 0) is 91.6 Å². The first-order valence-corrected chi connectivity index (χ1v) is 23.4. The summed E-state index contributed by atoms with van der Waals surface area (Å²) in [6, 6.07) is 21.1. The van der Waals surface area contributed by atoms with Gasteiger partial charge in [0.2, 0.25) is 0 Å². The van der Waals surface area contributed by atoms with Gasteiger partial charge < -0.3 is 42.6 Å². The molecule has 0 amide bonds. The standard InChI is InChI=1S/C54H68O15/c1-39(52(58)61-4)42-22-28-45(29-23-42)64-34-16-10-7-13-19-49(55)67-37-48(69-51(57)21-15-9-12-18-36-66-47-32-26-44(27-33-47)41(3)54(60)63-6)38-68-50(56)20-14-8-11-17-35-65-46-30-24-43(25-31-46)40(2)53(59)62-5/h22-33,48H,1-3,7-21,34-38H2,4-6H3. The second-order valence-electron chi connectivity index (χ2n) is 16.0. The third-order valence-electron chi connectivity index (χ3n) is 10.7. The normalized spacial score (nSPS) is 10.6. The summed E-state index contributed by atoms with van der Waals surface area (Å²) in [6.45, 7) is 12.2. The molecule has 0 aliphatic carbocycles. The van der Waals surface area contributed by atoms with Crippen molar-refractivity contribution in [2.24, 2.45) is 0 Å². The predicted octanol–water partition coefficient (Wildman–Crippen LogP) is 9.63. The molecular weight excluding hydrogens is 889 g/mol. The van der Waals surface area contributed by atoms with Crippen LogP contribution < -0.4 is 14.2 Å².